The molecule has 26 heavy (non-hydrogen) atoms. The lowest BCUT2D eigenvalue weighted by Crippen LogP contribution is -2.41. The minimum absolute atomic E-state index is 0.0123. The lowest BCUT2D eigenvalue weighted by molar-refractivity contribution is -0.144. The molecule has 0 saturated heterocycles. The maximum Gasteiger partial charge on any atom is 0.431 e. The van der Waals surface area contributed by atoms with E-state index >= 15 is 0 Å². The standard InChI is InChI=1S/C15H11BrClF3N2O4/c1-6-4-7(17)10(13(24)26-3)11(16)12(6)22-9(23)5-8(15(18,19)20)21(2)14(22)25/h4-5H,1-3H3. The molecule has 0 bridgehead atoms. The largest absolute Gasteiger partial charge is 0.465 e. The molecule has 0 radical (unpaired) electrons. The molecule has 0 spiro atoms. The molecule has 0 N–H and O–H groups in total. The van der Waals surface area contributed by atoms with Crippen molar-refractivity contribution < 1.29 is 22.7 Å². The van der Waals surface area contributed by atoms with Gasteiger partial charge in [-0.25, -0.2) is 14.2 Å². The lowest BCUT2D eigenvalue weighted by atomic mass is 10.1. The first-order valence-corrected chi connectivity index (χ1v) is 8.06. The molecule has 0 aliphatic heterocycles. The maximum atomic E-state index is 13.0. The van der Waals surface area contributed by atoms with Crippen molar-refractivity contribution in [1.82, 2.24) is 9.13 Å². The Balaban J connectivity index is 2.95. The summed E-state index contributed by atoms with van der Waals surface area (Å²) in [6, 6.07) is 1.61. The molecule has 2 aromatic rings. The fraction of sp³-hybridized carbons (Fsp3) is 0.267. The van der Waals surface area contributed by atoms with Gasteiger partial charge in [0.15, 0.2) is 0 Å². The monoisotopic (exact) mass is 454 g/mol. The smallest absolute Gasteiger partial charge is 0.431 e. The van der Waals surface area contributed by atoms with Crippen LogP contribution in [0.3, 0.4) is 0 Å². The number of rotatable bonds is 2. The highest BCUT2D eigenvalue weighted by Crippen LogP contribution is 2.34. The van der Waals surface area contributed by atoms with Crippen molar-refractivity contribution in [3.63, 3.8) is 0 Å². The van der Waals surface area contributed by atoms with Gasteiger partial charge in [0.25, 0.3) is 5.56 Å². The first kappa shape index (κ1) is 20.2. The second kappa shape index (κ2) is 6.92. The number of aryl methyl sites for hydroxylation is 1. The van der Waals surface area contributed by atoms with E-state index in [-0.39, 0.29) is 26.3 Å². The van der Waals surface area contributed by atoms with Crippen molar-refractivity contribution in [3.8, 4) is 5.69 Å². The Bertz CT molecular complexity index is 1030. The van der Waals surface area contributed by atoms with Crippen LogP contribution in [0.4, 0.5) is 13.2 Å². The van der Waals surface area contributed by atoms with Crippen molar-refractivity contribution in [3.05, 3.63) is 59.3 Å². The molecule has 0 amide bonds. The summed E-state index contributed by atoms with van der Waals surface area (Å²) in [5.74, 6) is -0.847. The fourth-order valence-electron chi connectivity index (χ4n) is 2.39. The van der Waals surface area contributed by atoms with Gasteiger partial charge in [-0.2, -0.15) is 13.2 Å². The van der Waals surface area contributed by atoms with Crippen LogP contribution in [0.5, 0.6) is 0 Å². The van der Waals surface area contributed by atoms with Crippen molar-refractivity contribution in [2.45, 2.75) is 13.1 Å². The number of aromatic nitrogens is 2. The third-order valence-corrected chi connectivity index (χ3v) is 4.68. The lowest BCUT2D eigenvalue weighted by Gasteiger charge is -2.17. The molecular formula is C15H11BrClF3N2O4. The number of alkyl halides is 3. The molecule has 0 saturated carbocycles. The molecule has 0 aliphatic rings. The Hall–Kier alpha value is -2.07. The minimum Gasteiger partial charge on any atom is -0.465 e. The van der Waals surface area contributed by atoms with Crippen LogP contribution in [0.1, 0.15) is 21.6 Å². The summed E-state index contributed by atoms with van der Waals surface area (Å²) in [4.78, 5) is 36.6. The predicted octanol–water partition coefficient (Wildman–Crippen LogP) is 3.07. The van der Waals surface area contributed by atoms with Crippen molar-refractivity contribution in [2.24, 2.45) is 7.05 Å². The van der Waals surface area contributed by atoms with E-state index < -0.39 is 29.1 Å². The molecule has 1 aromatic carbocycles. The van der Waals surface area contributed by atoms with E-state index in [2.05, 4.69) is 20.7 Å². The maximum absolute atomic E-state index is 13.0. The molecule has 11 heteroatoms. The van der Waals surface area contributed by atoms with E-state index in [0.717, 1.165) is 14.2 Å². The molecule has 2 rings (SSSR count). The number of carbonyl (C=O) groups is 1. The number of carbonyl (C=O) groups excluding carboxylic acids is 1. The number of esters is 1. The van der Waals surface area contributed by atoms with Gasteiger partial charge in [-0.15, -0.1) is 0 Å². The molecule has 0 unspecified atom stereocenters. The van der Waals surface area contributed by atoms with Crippen LogP contribution >= 0.6 is 27.5 Å². The quantitative estimate of drug-likeness (QED) is 0.653. The van der Waals surface area contributed by atoms with E-state index in [1.807, 2.05) is 0 Å². The van der Waals surface area contributed by atoms with E-state index in [0.29, 0.717) is 15.2 Å². The Kier molecular flexibility index (Phi) is 5.39. The van der Waals surface area contributed by atoms with Crippen LogP contribution in [0, 0.1) is 6.92 Å². The molecule has 6 nitrogen and oxygen atoms in total. The Morgan fingerprint density at radius 2 is 1.85 bits per heavy atom. The van der Waals surface area contributed by atoms with Gasteiger partial charge in [-0.05, 0) is 34.5 Å². The van der Waals surface area contributed by atoms with Gasteiger partial charge in [0, 0.05) is 13.1 Å². The van der Waals surface area contributed by atoms with Gasteiger partial charge in [0.05, 0.1) is 27.9 Å². The van der Waals surface area contributed by atoms with Crippen LogP contribution in [-0.2, 0) is 18.0 Å². The minimum atomic E-state index is -4.88. The second-order valence-electron chi connectivity index (χ2n) is 5.25. The van der Waals surface area contributed by atoms with Gasteiger partial charge in [-0.1, -0.05) is 11.6 Å². The number of methoxy groups -OCH3 is 1. The van der Waals surface area contributed by atoms with E-state index in [4.69, 9.17) is 11.6 Å². The van der Waals surface area contributed by atoms with E-state index in [1.54, 1.807) is 0 Å². The molecule has 0 atom stereocenters. The molecule has 0 fully saturated rings. The summed E-state index contributed by atoms with van der Waals surface area (Å²) >= 11 is 9.11. The molecule has 0 aliphatic carbocycles. The third-order valence-electron chi connectivity index (χ3n) is 3.61. The number of halogens is 5. The fourth-order valence-corrected chi connectivity index (χ4v) is 3.71. The highest BCUT2D eigenvalue weighted by molar-refractivity contribution is 9.10. The summed E-state index contributed by atoms with van der Waals surface area (Å²) in [5, 5.41) is -0.0123. The molecular weight excluding hydrogens is 445 g/mol. The number of nitrogens with zero attached hydrogens (tertiary/aromatic N) is 2. The highest BCUT2D eigenvalue weighted by Gasteiger charge is 2.35. The molecule has 1 heterocycles. The topological polar surface area (TPSA) is 70.3 Å². The summed E-state index contributed by atoms with van der Waals surface area (Å²) in [6.07, 6.45) is -4.88. The highest BCUT2D eigenvalue weighted by atomic mass is 79.9. The van der Waals surface area contributed by atoms with Gasteiger partial charge in [0.2, 0.25) is 0 Å². The zero-order valence-corrected chi connectivity index (χ0v) is 15.9. The van der Waals surface area contributed by atoms with Gasteiger partial charge in [-0.3, -0.25) is 9.36 Å². The zero-order chi connectivity index (χ0) is 20.0. The van der Waals surface area contributed by atoms with Crippen LogP contribution in [0.2, 0.25) is 5.02 Å². The first-order chi connectivity index (χ1) is 11.9. The van der Waals surface area contributed by atoms with E-state index in [9.17, 15) is 27.6 Å². The van der Waals surface area contributed by atoms with Gasteiger partial charge in [0.1, 0.15) is 5.69 Å². The van der Waals surface area contributed by atoms with Crippen LogP contribution in [0.25, 0.3) is 5.69 Å². The Labute approximate surface area is 157 Å². The van der Waals surface area contributed by atoms with Crippen LogP contribution in [-0.4, -0.2) is 22.2 Å². The third kappa shape index (κ3) is 3.30. The van der Waals surface area contributed by atoms with Crippen molar-refractivity contribution in [1.29, 1.82) is 0 Å². The van der Waals surface area contributed by atoms with Gasteiger partial charge < -0.3 is 4.74 Å². The van der Waals surface area contributed by atoms with Crippen molar-refractivity contribution >= 4 is 33.5 Å². The number of benzene rings is 1. The summed E-state index contributed by atoms with van der Waals surface area (Å²) in [6.45, 7) is 1.48. The summed E-state index contributed by atoms with van der Waals surface area (Å²) < 4.78 is 44.3. The van der Waals surface area contributed by atoms with Crippen LogP contribution < -0.4 is 11.2 Å². The summed E-state index contributed by atoms with van der Waals surface area (Å²) in [5.41, 5.74) is -3.81. The van der Waals surface area contributed by atoms with Crippen LogP contribution in [0.15, 0.2) is 26.2 Å². The molecule has 1 aromatic heterocycles. The zero-order valence-electron chi connectivity index (χ0n) is 13.6. The predicted molar refractivity (Wildman–Crippen MR) is 91.1 cm³/mol. The average Bonchev–Trinajstić information content (AvgIpc) is 2.52. The number of ether oxygens (including phenoxy) is 1. The van der Waals surface area contributed by atoms with Crippen molar-refractivity contribution in [2.75, 3.05) is 7.11 Å². The SMILES string of the molecule is COC(=O)c1c(Cl)cc(C)c(-n2c(=O)cc(C(F)(F)F)n(C)c2=O)c1Br. The Morgan fingerprint density at radius 3 is 2.35 bits per heavy atom. The second-order valence-corrected chi connectivity index (χ2v) is 6.45. The average molecular weight is 456 g/mol. The summed E-state index contributed by atoms with van der Waals surface area (Å²) in [7, 11) is 2.00. The molecule has 140 valence electrons. The van der Waals surface area contributed by atoms with Gasteiger partial charge >= 0.3 is 17.8 Å². The van der Waals surface area contributed by atoms with E-state index in [1.165, 1.54) is 13.0 Å². The Morgan fingerprint density at radius 1 is 1.27 bits per heavy atom. The first-order valence-electron chi connectivity index (χ1n) is 6.89. The number of hydrogen-bond donors (Lipinski definition) is 0. The normalized spacial score (nSPS) is 11.5. The number of hydrogen-bond acceptors (Lipinski definition) is 4.